The highest BCUT2D eigenvalue weighted by molar-refractivity contribution is 5.88. The molecule has 0 aromatic rings. The van der Waals surface area contributed by atoms with E-state index in [1.165, 1.54) is 4.90 Å². The Hall–Kier alpha value is -1.79. The third kappa shape index (κ3) is 5.07. The van der Waals surface area contributed by atoms with Gasteiger partial charge in [-0.2, -0.15) is 0 Å². The molecule has 2 atom stereocenters. The highest BCUT2D eigenvalue weighted by Gasteiger charge is 2.28. The maximum Gasteiger partial charge on any atom is 0.323 e. The zero-order chi connectivity index (χ0) is 15.3. The molecule has 3 amide bonds. The van der Waals surface area contributed by atoms with Crippen molar-refractivity contribution in [2.75, 3.05) is 6.54 Å². The summed E-state index contributed by atoms with van der Waals surface area (Å²) in [4.78, 5) is 35.9. The van der Waals surface area contributed by atoms with Crippen LogP contribution in [-0.2, 0) is 9.59 Å². The summed E-state index contributed by atoms with van der Waals surface area (Å²) < 4.78 is 0. The molecule has 1 saturated carbocycles. The Labute approximate surface area is 118 Å². The van der Waals surface area contributed by atoms with Crippen LogP contribution in [0.4, 0.5) is 4.79 Å². The van der Waals surface area contributed by atoms with Gasteiger partial charge in [0.2, 0.25) is 5.91 Å². The van der Waals surface area contributed by atoms with E-state index in [-0.39, 0.29) is 24.5 Å². The Balaban J connectivity index is 2.54. The lowest BCUT2D eigenvalue weighted by Gasteiger charge is -2.28. The molecule has 0 saturated heterocycles. The van der Waals surface area contributed by atoms with Crippen LogP contribution in [0.2, 0.25) is 0 Å². The Morgan fingerprint density at radius 2 is 1.90 bits per heavy atom. The van der Waals surface area contributed by atoms with Gasteiger partial charge in [0.1, 0.15) is 12.6 Å². The van der Waals surface area contributed by atoms with E-state index in [0.29, 0.717) is 6.42 Å². The number of carboxylic acids is 1. The molecule has 0 aromatic heterocycles. The second kappa shape index (κ2) is 7.12. The van der Waals surface area contributed by atoms with E-state index >= 15 is 0 Å². The van der Waals surface area contributed by atoms with Gasteiger partial charge in [-0.1, -0.05) is 6.92 Å². The first-order valence-corrected chi connectivity index (χ1v) is 6.94. The molecule has 7 nitrogen and oxygen atoms in total. The lowest BCUT2D eigenvalue weighted by Crippen LogP contribution is -2.53. The van der Waals surface area contributed by atoms with Gasteiger partial charge in [-0.25, -0.2) is 4.79 Å². The van der Waals surface area contributed by atoms with Crippen LogP contribution in [0, 0.1) is 0 Å². The number of aliphatic carboxylic acids is 1. The van der Waals surface area contributed by atoms with Gasteiger partial charge < -0.3 is 20.6 Å². The van der Waals surface area contributed by atoms with E-state index < -0.39 is 18.0 Å². The average Bonchev–Trinajstić information content (AvgIpc) is 3.18. The van der Waals surface area contributed by atoms with Crippen molar-refractivity contribution in [2.24, 2.45) is 0 Å². The van der Waals surface area contributed by atoms with E-state index in [0.717, 1.165) is 12.8 Å². The van der Waals surface area contributed by atoms with Crippen molar-refractivity contribution in [2.45, 2.75) is 58.2 Å². The van der Waals surface area contributed by atoms with Crippen molar-refractivity contribution < 1.29 is 19.5 Å². The summed E-state index contributed by atoms with van der Waals surface area (Å²) in [5.41, 5.74) is 0. The molecule has 2 unspecified atom stereocenters. The third-order valence-electron chi connectivity index (χ3n) is 3.35. The molecule has 0 aromatic carbocycles. The molecular formula is C13H23N3O4. The van der Waals surface area contributed by atoms with Crippen molar-refractivity contribution in [1.82, 2.24) is 15.5 Å². The van der Waals surface area contributed by atoms with Gasteiger partial charge in [0.25, 0.3) is 0 Å². The van der Waals surface area contributed by atoms with Crippen LogP contribution in [0.25, 0.3) is 0 Å². The fourth-order valence-electron chi connectivity index (χ4n) is 1.68. The SMILES string of the molecule is CCC(C)N(CC(=O)O)C(=O)NC(C)C(=O)NC1CC1. The first-order chi connectivity index (χ1) is 9.35. The van der Waals surface area contributed by atoms with Crippen molar-refractivity contribution in [3.8, 4) is 0 Å². The Morgan fingerprint density at radius 3 is 2.35 bits per heavy atom. The number of rotatable bonds is 7. The zero-order valence-electron chi connectivity index (χ0n) is 12.2. The molecule has 20 heavy (non-hydrogen) atoms. The second-order valence-electron chi connectivity index (χ2n) is 5.23. The molecule has 1 aliphatic carbocycles. The molecule has 7 heteroatoms. The lowest BCUT2D eigenvalue weighted by molar-refractivity contribution is -0.138. The first kappa shape index (κ1) is 16.3. The number of nitrogens with one attached hydrogen (secondary N) is 2. The van der Waals surface area contributed by atoms with Gasteiger partial charge in [-0.3, -0.25) is 9.59 Å². The minimum absolute atomic E-state index is 0.204. The van der Waals surface area contributed by atoms with Crippen LogP contribution >= 0.6 is 0 Å². The number of carboxylic acid groups (broad SMARTS) is 1. The van der Waals surface area contributed by atoms with Crippen LogP contribution in [0.3, 0.4) is 0 Å². The maximum absolute atomic E-state index is 12.1. The van der Waals surface area contributed by atoms with Gasteiger partial charge in [0.05, 0.1) is 0 Å². The average molecular weight is 285 g/mol. The van der Waals surface area contributed by atoms with Crippen molar-refractivity contribution in [1.29, 1.82) is 0 Å². The maximum atomic E-state index is 12.1. The van der Waals surface area contributed by atoms with Crippen LogP contribution in [0.5, 0.6) is 0 Å². The fraction of sp³-hybridized carbons (Fsp3) is 0.769. The predicted molar refractivity (Wildman–Crippen MR) is 73.3 cm³/mol. The highest BCUT2D eigenvalue weighted by atomic mass is 16.4. The molecule has 0 aliphatic heterocycles. The van der Waals surface area contributed by atoms with Gasteiger partial charge in [0, 0.05) is 12.1 Å². The van der Waals surface area contributed by atoms with Gasteiger partial charge in [-0.05, 0) is 33.1 Å². The Morgan fingerprint density at radius 1 is 1.30 bits per heavy atom. The van der Waals surface area contributed by atoms with Gasteiger partial charge >= 0.3 is 12.0 Å². The summed E-state index contributed by atoms with van der Waals surface area (Å²) in [6, 6.07) is -1.18. The minimum atomic E-state index is -1.07. The van der Waals surface area contributed by atoms with Crippen molar-refractivity contribution in [3.63, 3.8) is 0 Å². The molecule has 3 N–H and O–H groups in total. The smallest absolute Gasteiger partial charge is 0.323 e. The summed E-state index contributed by atoms with van der Waals surface area (Å²) in [6.07, 6.45) is 2.60. The molecule has 1 fully saturated rings. The zero-order valence-corrected chi connectivity index (χ0v) is 12.2. The quantitative estimate of drug-likeness (QED) is 0.636. The van der Waals surface area contributed by atoms with E-state index in [4.69, 9.17) is 5.11 Å². The van der Waals surface area contributed by atoms with Gasteiger partial charge in [0.15, 0.2) is 0 Å². The standard InChI is InChI=1S/C13H23N3O4/c1-4-8(2)16(7-11(17)18)13(20)14-9(3)12(19)15-10-5-6-10/h8-10H,4-7H2,1-3H3,(H,14,20)(H,15,19)(H,17,18). The highest BCUT2D eigenvalue weighted by Crippen LogP contribution is 2.18. The lowest BCUT2D eigenvalue weighted by atomic mass is 10.2. The normalized spacial score (nSPS) is 16.9. The van der Waals surface area contributed by atoms with E-state index in [9.17, 15) is 14.4 Å². The Kier molecular flexibility index (Phi) is 5.79. The van der Waals surface area contributed by atoms with E-state index in [1.807, 2.05) is 6.92 Å². The molecule has 1 aliphatic rings. The monoisotopic (exact) mass is 285 g/mol. The predicted octanol–water partition coefficient (Wildman–Crippen LogP) is 0.548. The molecule has 1 rings (SSSR count). The van der Waals surface area contributed by atoms with E-state index in [2.05, 4.69) is 10.6 Å². The van der Waals surface area contributed by atoms with Crippen LogP contribution in [0.1, 0.15) is 40.0 Å². The second-order valence-corrected chi connectivity index (χ2v) is 5.23. The summed E-state index contributed by atoms with van der Waals surface area (Å²) in [5.74, 6) is -1.31. The summed E-state index contributed by atoms with van der Waals surface area (Å²) in [5, 5.41) is 14.2. The number of nitrogens with zero attached hydrogens (tertiary/aromatic N) is 1. The number of amides is 3. The summed E-state index contributed by atoms with van der Waals surface area (Å²) in [6.45, 7) is 4.86. The third-order valence-corrected chi connectivity index (χ3v) is 3.35. The molecule has 0 heterocycles. The summed E-state index contributed by atoms with van der Waals surface area (Å²) in [7, 11) is 0. The molecule has 0 bridgehead atoms. The first-order valence-electron chi connectivity index (χ1n) is 6.94. The number of carbonyl (C=O) groups excluding carboxylic acids is 2. The molecular weight excluding hydrogens is 262 g/mol. The topological polar surface area (TPSA) is 98.7 Å². The van der Waals surface area contributed by atoms with Crippen molar-refractivity contribution in [3.05, 3.63) is 0 Å². The van der Waals surface area contributed by atoms with Crippen LogP contribution < -0.4 is 10.6 Å². The van der Waals surface area contributed by atoms with Gasteiger partial charge in [-0.15, -0.1) is 0 Å². The fourth-order valence-corrected chi connectivity index (χ4v) is 1.68. The molecule has 114 valence electrons. The van der Waals surface area contributed by atoms with Crippen molar-refractivity contribution >= 4 is 17.9 Å². The number of urea groups is 1. The molecule has 0 radical (unpaired) electrons. The molecule has 0 spiro atoms. The largest absolute Gasteiger partial charge is 0.480 e. The number of hydrogen-bond acceptors (Lipinski definition) is 3. The Bertz CT molecular complexity index is 382. The summed E-state index contributed by atoms with van der Waals surface area (Å²) >= 11 is 0. The van der Waals surface area contributed by atoms with Crippen LogP contribution in [-0.4, -0.2) is 52.6 Å². The number of hydrogen-bond donors (Lipinski definition) is 3. The van der Waals surface area contributed by atoms with Crippen LogP contribution in [0.15, 0.2) is 0 Å². The minimum Gasteiger partial charge on any atom is -0.480 e. The number of carbonyl (C=O) groups is 3. The van der Waals surface area contributed by atoms with E-state index in [1.54, 1.807) is 13.8 Å².